The molecule has 0 saturated carbocycles. The zero-order valence-corrected chi connectivity index (χ0v) is 11.9. The molecule has 4 nitrogen and oxygen atoms in total. The van der Waals surface area contributed by atoms with Gasteiger partial charge in [0.25, 0.3) is 0 Å². The van der Waals surface area contributed by atoms with E-state index in [2.05, 4.69) is 17.0 Å². The Bertz CT molecular complexity index is 664. The Morgan fingerprint density at radius 1 is 1.14 bits per heavy atom. The first-order valence-electron chi connectivity index (χ1n) is 6.91. The van der Waals surface area contributed by atoms with E-state index in [1.165, 1.54) is 11.1 Å². The van der Waals surface area contributed by atoms with E-state index in [1.807, 2.05) is 18.2 Å². The first kappa shape index (κ1) is 13.5. The number of carbonyl (C=O) groups is 1. The van der Waals surface area contributed by atoms with Crippen LogP contribution in [-0.4, -0.2) is 24.7 Å². The topological polar surface area (TPSA) is 49.8 Å². The van der Waals surface area contributed by atoms with Crippen LogP contribution < -0.4 is 9.64 Å². The average Bonchev–Trinajstić information content (AvgIpc) is 2.54. The molecule has 0 atom stereocenters. The minimum absolute atomic E-state index is 0.320. The first-order valence-corrected chi connectivity index (χ1v) is 6.91. The zero-order chi connectivity index (χ0) is 14.8. The Morgan fingerprint density at radius 3 is 2.57 bits per heavy atom. The van der Waals surface area contributed by atoms with Gasteiger partial charge in [0.15, 0.2) is 0 Å². The van der Waals surface area contributed by atoms with Gasteiger partial charge in [0.05, 0.1) is 12.7 Å². The summed E-state index contributed by atoms with van der Waals surface area (Å²) in [5.41, 5.74) is 4.00. The molecule has 0 bridgehead atoms. The third-order valence-electron chi connectivity index (χ3n) is 3.91. The Balaban J connectivity index is 1.81. The van der Waals surface area contributed by atoms with Crippen molar-refractivity contribution < 1.29 is 14.6 Å². The molecule has 1 aliphatic heterocycles. The number of hydrogen-bond acceptors (Lipinski definition) is 3. The first-order chi connectivity index (χ1) is 10.2. The maximum atomic E-state index is 10.9. The number of carboxylic acids is 1. The molecule has 4 heteroatoms. The molecule has 0 unspecified atom stereocenters. The molecule has 0 saturated heterocycles. The van der Waals surface area contributed by atoms with E-state index in [1.54, 1.807) is 19.2 Å². The number of hydrogen-bond donors (Lipinski definition) is 1. The lowest BCUT2D eigenvalue weighted by Gasteiger charge is -2.31. The molecule has 2 aromatic carbocycles. The van der Waals surface area contributed by atoms with Crippen molar-refractivity contribution in [3.63, 3.8) is 0 Å². The summed E-state index contributed by atoms with van der Waals surface area (Å²) in [6.07, 6.45) is 0.965. The van der Waals surface area contributed by atoms with E-state index in [0.717, 1.165) is 30.9 Å². The van der Waals surface area contributed by atoms with Gasteiger partial charge in [-0.15, -0.1) is 0 Å². The van der Waals surface area contributed by atoms with Gasteiger partial charge in [-0.05, 0) is 53.9 Å². The van der Waals surface area contributed by atoms with E-state index in [0.29, 0.717) is 5.56 Å². The van der Waals surface area contributed by atoms with Crippen LogP contribution in [0.25, 0.3) is 0 Å². The molecule has 3 rings (SSSR count). The van der Waals surface area contributed by atoms with E-state index in [9.17, 15) is 4.79 Å². The second-order valence-electron chi connectivity index (χ2n) is 5.16. The van der Waals surface area contributed by atoms with Crippen molar-refractivity contribution >= 4 is 11.7 Å². The number of fused-ring (bicyclic) bond motifs is 1. The van der Waals surface area contributed by atoms with Gasteiger partial charge in [-0.2, -0.15) is 0 Å². The summed E-state index contributed by atoms with van der Waals surface area (Å²) >= 11 is 0. The lowest BCUT2D eigenvalue weighted by atomic mass is 9.99. The normalized spacial score (nSPS) is 13.7. The van der Waals surface area contributed by atoms with Crippen LogP contribution in [0.15, 0.2) is 42.5 Å². The van der Waals surface area contributed by atoms with E-state index in [4.69, 9.17) is 9.84 Å². The predicted molar refractivity (Wildman–Crippen MR) is 81.1 cm³/mol. The number of methoxy groups -OCH3 is 1. The van der Waals surface area contributed by atoms with Crippen molar-refractivity contribution in [3.05, 3.63) is 59.2 Å². The molecule has 0 aliphatic carbocycles. The molecule has 108 valence electrons. The van der Waals surface area contributed by atoms with Gasteiger partial charge in [-0.3, -0.25) is 0 Å². The Morgan fingerprint density at radius 2 is 1.90 bits per heavy atom. The maximum absolute atomic E-state index is 10.9. The van der Waals surface area contributed by atoms with Gasteiger partial charge < -0.3 is 14.7 Å². The quantitative estimate of drug-likeness (QED) is 0.941. The van der Waals surface area contributed by atoms with Gasteiger partial charge in [0.1, 0.15) is 5.75 Å². The van der Waals surface area contributed by atoms with E-state index >= 15 is 0 Å². The van der Waals surface area contributed by atoms with Crippen molar-refractivity contribution in [1.82, 2.24) is 0 Å². The average molecular weight is 283 g/mol. The number of benzene rings is 2. The second kappa shape index (κ2) is 5.48. The number of ether oxygens (including phenoxy) is 1. The fraction of sp³-hybridized carbons (Fsp3) is 0.235. The number of carboxylic acid groups (broad SMARTS) is 1. The van der Waals surface area contributed by atoms with Gasteiger partial charge >= 0.3 is 5.97 Å². The highest BCUT2D eigenvalue weighted by atomic mass is 16.5. The third kappa shape index (κ3) is 2.70. The van der Waals surface area contributed by atoms with Gasteiger partial charge in [0, 0.05) is 18.8 Å². The fourth-order valence-electron chi connectivity index (χ4n) is 2.69. The molecule has 21 heavy (non-hydrogen) atoms. The molecule has 0 radical (unpaired) electrons. The highest BCUT2D eigenvalue weighted by Crippen LogP contribution is 2.27. The zero-order valence-electron chi connectivity index (χ0n) is 11.9. The van der Waals surface area contributed by atoms with Crippen LogP contribution in [0.5, 0.6) is 5.75 Å². The second-order valence-corrected chi connectivity index (χ2v) is 5.16. The molecule has 0 fully saturated rings. The standard InChI is InChI=1S/C17H17NO3/c1-21-16-7-4-14-11-18(9-8-13(14)10-16)15-5-2-12(3-6-15)17(19)20/h2-7,10H,8-9,11H2,1H3,(H,19,20). The van der Waals surface area contributed by atoms with Crippen molar-refractivity contribution in [1.29, 1.82) is 0 Å². The summed E-state index contributed by atoms with van der Waals surface area (Å²) in [7, 11) is 1.68. The summed E-state index contributed by atoms with van der Waals surface area (Å²) in [5, 5.41) is 8.94. The summed E-state index contributed by atoms with van der Waals surface area (Å²) in [6.45, 7) is 1.76. The molecular weight excluding hydrogens is 266 g/mol. The van der Waals surface area contributed by atoms with Gasteiger partial charge in [-0.1, -0.05) is 6.07 Å². The predicted octanol–water partition coefficient (Wildman–Crippen LogP) is 2.96. The van der Waals surface area contributed by atoms with Crippen LogP contribution in [0.1, 0.15) is 21.5 Å². The number of nitrogens with zero attached hydrogens (tertiary/aromatic N) is 1. The largest absolute Gasteiger partial charge is 0.497 e. The number of rotatable bonds is 3. The fourth-order valence-corrected chi connectivity index (χ4v) is 2.69. The lowest BCUT2D eigenvalue weighted by molar-refractivity contribution is 0.0697. The molecule has 0 spiro atoms. The number of anilines is 1. The van der Waals surface area contributed by atoms with Crippen molar-refractivity contribution in [3.8, 4) is 5.75 Å². The molecule has 0 aromatic heterocycles. The molecule has 1 aliphatic rings. The van der Waals surface area contributed by atoms with Crippen LogP contribution in [0, 0.1) is 0 Å². The highest BCUT2D eigenvalue weighted by molar-refractivity contribution is 5.88. The third-order valence-corrected chi connectivity index (χ3v) is 3.91. The highest BCUT2D eigenvalue weighted by Gasteiger charge is 2.17. The van der Waals surface area contributed by atoms with Crippen LogP contribution in [0.4, 0.5) is 5.69 Å². The van der Waals surface area contributed by atoms with Crippen molar-refractivity contribution in [2.75, 3.05) is 18.6 Å². The lowest BCUT2D eigenvalue weighted by Crippen LogP contribution is -2.30. The summed E-state index contributed by atoms with van der Waals surface area (Å²) in [4.78, 5) is 13.2. The van der Waals surface area contributed by atoms with E-state index in [-0.39, 0.29) is 0 Å². The maximum Gasteiger partial charge on any atom is 0.335 e. The minimum Gasteiger partial charge on any atom is -0.497 e. The SMILES string of the molecule is COc1ccc2c(c1)CCN(c1ccc(C(=O)O)cc1)C2. The summed E-state index contributed by atoms with van der Waals surface area (Å²) in [6, 6.07) is 13.2. The summed E-state index contributed by atoms with van der Waals surface area (Å²) < 4.78 is 5.26. The van der Waals surface area contributed by atoms with Gasteiger partial charge in [-0.25, -0.2) is 4.79 Å². The smallest absolute Gasteiger partial charge is 0.335 e. The van der Waals surface area contributed by atoms with Crippen molar-refractivity contribution in [2.24, 2.45) is 0 Å². The minimum atomic E-state index is -0.891. The van der Waals surface area contributed by atoms with Crippen LogP contribution in [-0.2, 0) is 13.0 Å². The summed E-state index contributed by atoms with van der Waals surface area (Å²) in [5.74, 6) is 0.00523. The van der Waals surface area contributed by atoms with Crippen LogP contribution in [0.2, 0.25) is 0 Å². The van der Waals surface area contributed by atoms with Crippen molar-refractivity contribution in [2.45, 2.75) is 13.0 Å². The molecular formula is C17H17NO3. The Kier molecular flexibility index (Phi) is 3.52. The Labute approximate surface area is 123 Å². The molecule has 2 aromatic rings. The van der Waals surface area contributed by atoms with Gasteiger partial charge in [0.2, 0.25) is 0 Å². The molecule has 1 heterocycles. The monoisotopic (exact) mass is 283 g/mol. The van der Waals surface area contributed by atoms with Crippen LogP contribution in [0.3, 0.4) is 0 Å². The Hall–Kier alpha value is -2.49. The molecule has 1 N–H and O–H groups in total. The van der Waals surface area contributed by atoms with Crippen LogP contribution >= 0.6 is 0 Å². The molecule has 0 amide bonds. The van der Waals surface area contributed by atoms with E-state index < -0.39 is 5.97 Å². The number of aromatic carboxylic acids is 1.